The fraction of sp³-hybridized carbons (Fsp3) is 0.318. The third kappa shape index (κ3) is 3.52. The van der Waals surface area contributed by atoms with E-state index >= 15 is 0 Å². The van der Waals surface area contributed by atoms with Crippen LogP contribution in [0.4, 0.5) is 5.95 Å². The Bertz CT molecular complexity index is 1290. The van der Waals surface area contributed by atoms with Gasteiger partial charge in [0, 0.05) is 42.7 Å². The number of aromatic amines is 1. The van der Waals surface area contributed by atoms with Crippen molar-refractivity contribution in [3.8, 4) is 17.0 Å². The predicted molar refractivity (Wildman–Crippen MR) is 118 cm³/mol. The van der Waals surface area contributed by atoms with Crippen molar-refractivity contribution in [3.05, 3.63) is 36.8 Å². The largest absolute Gasteiger partial charge is 0.480 e. The van der Waals surface area contributed by atoms with Crippen LogP contribution in [0.2, 0.25) is 0 Å². The first-order valence-electron chi connectivity index (χ1n) is 10.1. The molecule has 0 radical (unpaired) electrons. The van der Waals surface area contributed by atoms with Gasteiger partial charge in [0.2, 0.25) is 17.7 Å². The number of methoxy groups -OCH3 is 1. The van der Waals surface area contributed by atoms with Crippen LogP contribution < -0.4 is 15.4 Å². The zero-order valence-electron chi connectivity index (χ0n) is 17.6. The van der Waals surface area contributed by atoms with Gasteiger partial charge in [-0.25, -0.2) is 0 Å². The SMILES string of the molecule is COc1nc(N[C@H]2C[C@@](C)(NC(C)=O)C2)nc2[nH]cc(-c3ccc4nccnc4c3)c12. The second-order valence-electron chi connectivity index (χ2n) is 8.23. The first kappa shape index (κ1) is 19.2. The molecule has 1 fully saturated rings. The lowest BCUT2D eigenvalue weighted by atomic mass is 9.74. The van der Waals surface area contributed by atoms with Crippen LogP contribution in [0.1, 0.15) is 26.7 Å². The second kappa shape index (κ2) is 7.19. The summed E-state index contributed by atoms with van der Waals surface area (Å²) in [6.07, 6.45) is 6.88. The normalized spacial score (nSPS) is 20.4. The van der Waals surface area contributed by atoms with E-state index in [-0.39, 0.29) is 17.5 Å². The molecular weight excluding hydrogens is 394 g/mol. The summed E-state index contributed by atoms with van der Waals surface area (Å²) in [5.74, 6) is 0.975. The minimum atomic E-state index is -0.184. The number of H-pyrrole nitrogens is 1. The molecular formula is C22H23N7O2. The summed E-state index contributed by atoms with van der Waals surface area (Å²) in [4.78, 5) is 32.6. The van der Waals surface area contributed by atoms with E-state index in [0.717, 1.165) is 40.4 Å². The highest BCUT2D eigenvalue weighted by Gasteiger charge is 2.41. The zero-order chi connectivity index (χ0) is 21.6. The van der Waals surface area contributed by atoms with Crippen LogP contribution in [0, 0.1) is 0 Å². The lowest BCUT2D eigenvalue weighted by molar-refractivity contribution is -0.121. The van der Waals surface area contributed by atoms with E-state index in [4.69, 9.17) is 4.74 Å². The molecule has 3 heterocycles. The number of amides is 1. The molecule has 1 amide bonds. The molecule has 9 heteroatoms. The molecule has 9 nitrogen and oxygen atoms in total. The molecule has 1 saturated carbocycles. The minimum absolute atomic E-state index is 0.0149. The second-order valence-corrected chi connectivity index (χ2v) is 8.23. The van der Waals surface area contributed by atoms with Gasteiger partial charge in [-0.1, -0.05) is 6.07 Å². The average molecular weight is 417 g/mol. The van der Waals surface area contributed by atoms with Crippen molar-refractivity contribution in [1.29, 1.82) is 0 Å². The Hall–Kier alpha value is -3.75. The molecule has 0 spiro atoms. The summed E-state index contributed by atoms with van der Waals surface area (Å²) in [6.45, 7) is 3.58. The van der Waals surface area contributed by atoms with Gasteiger partial charge in [0.05, 0.1) is 23.5 Å². The smallest absolute Gasteiger partial charge is 0.228 e. The van der Waals surface area contributed by atoms with Crippen LogP contribution >= 0.6 is 0 Å². The van der Waals surface area contributed by atoms with Gasteiger partial charge in [0.25, 0.3) is 0 Å². The Kier molecular flexibility index (Phi) is 4.46. The summed E-state index contributed by atoms with van der Waals surface area (Å²) < 4.78 is 5.61. The highest BCUT2D eigenvalue weighted by atomic mass is 16.5. The number of ether oxygens (including phenoxy) is 1. The number of carbonyl (C=O) groups excluding carboxylic acids is 1. The summed E-state index contributed by atoms with van der Waals surface area (Å²) in [6, 6.07) is 6.13. The van der Waals surface area contributed by atoms with Crippen molar-refractivity contribution >= 4 is 33.9 Å². The lowest BCUT2D eigenvalue weighted by Crippen LogP contribution is -2.59. The Labute approximate surface area is 178 Å². The van der Waals surface area contributed by atoms with Crippen LogP contribution in [-0.4, -0.2) is 49.5 Å². The quantitative estimate of drug-likeness (QED) is 0.457. The Morgan fingerprint density at radius 3 is 2.71 bits per heavy atom. The van der Waals surface area contributed by atoms with Crippen LogP contribution in [0.5, 0.6) is 5.88 Å². The number of anilines is 1. The van der Waals surface area contributed by atoms with Gasteiger partial charge >= 0.3 is 0 Å². The maximum Gasteiger partial charge on any atom is 0.228 e. The summed E-state index contributed by atoms with van der Waals surface area (Å²) in [5, 5.41) is 7.17. The van der Waals surface area contributed by atoms with Crippen molar-refractivity contribution in [2.24, 2.45) is 0 Å². The molecule has 3 aromatic heterocycles. The number of rotatable bonds is 5. The summed E-state index contributed by atoms with van der Waals surface area (Å²) >= 11 is 0. The molecule has 0 atom stereocenters. The Balaban J connectivity index is 1.45. The van der Waals surface area contributed by atoms with Gasteiger partial charge in [0.15, 0.2) is 0 Å². The van der Waals surface area contributed by atoms with Gasteiger partial charge in [0.1, 0.15) is 5.65 Å². The molecule has 31 heavy (non-hydrogen) atoms. The maximum absolute atomic E-state index is 11.4. The van der Waals surface area contributed by atoms with Crippen molar-refractivity contribution in [2.75, 3.05) is 12.4 Å². The average Bonchev–Trinajstić information content (AvgIpc) is 3.15. The number of fused-ring (bicyclic) bond motifs is 2. The Morgan fingerprint density at radius 1 is 1.19 bits per heavy atom. The van der Waals surface area contributed by atoms with E-state index in [2.05, 4.69) is 35.6 Å². The van der Waals surface area contributed by atoms with Gasteiger partial charge in [-0.3, -0.25) is 14.8 Å². The van der Waals surface area contributed by atoms with E-state index in [0.29, 0.717) is 17.5 Å². The molecule has 1 aliphatic rings. The number of nitrogens with one attached hydrogen (secondary N) is 3. The number of nitrogens with zero attached hydrogens (tertiary/aromatic N) is 4. The number of hydrogen-bond donors (Lipinski definition) is 3. The zero-order valence-corrected chi connectivity index (χ0v) is 17.6. The van der Waals surface area contributed by atoms with Gasteiger partial charge in [-0.15, -0.1) is 0 Å². The molecule has 3 N–H and O–H groups in total. The van der Waals surface area contributed by atoms with Crippen LogP contribution in [0.3, 0.4) is 0 Å². The number of benzene rings is 1. The van der Waals surface area contributed by atoms with Gasteiger partial charge < -0.3 is 20.4 Å². The third-order valence-corrected chi connectivity index (χ3v) is 5.68. The van der Waals surface area contributed by atoms with Crippen LogP contribution in [0.25, 0.3) is 33.2 Å². The van der Waals surface area contributed by atoms with Gasteiger partial charge in [-0.2, -0.15) is 9.97 Å². The third-order valence-electron chi connectivity index (χ3n) is 5.68. The topological polar surface area (TPSA) is 118 Å². The van der Waals surface area contributed by atoms with Crippen molar-refractivity contribution in [3.63, 3.8) is 0 Å². The predicted octanol–water partition coefficient (Wildman–Crippen LogP) is 3.05. The first-order valence-corrected chi connectivity index (χ1v) is 10.1. The lowest BCUT2D eigenvalue weighted by Gasteiger charge is -2.45. The molecule has 1 aliphatic carbocycles. The van der Waals surface area contributed by atoms with Crippen molar-refractivity contribution < 1.29 is 9.53 Å². The molecule has 0 saturated heterocycles. The molecule has 0 aliphatic heterocycles. The van der Waals surface area contributed by atoms with Crippen LogP contribution in [0.15, 0.2) is 36.8 Å². The fourth-order valence-corrected chi connectivity index (χ4v) is 4.41. The minimum Gasteiger partial charge on any atom is -0.480 e. The molecule has 4 aromatic rings. The molecule has 0 bridgehead atoms. The van der Waals surface area contributed by atoms with Crippen molar-refractivity contribution in [1.82, 2.24) is 30.2 Å². The molecule has 1 aromatic carbocycles. The van der Waals surface area contributed by atoms with E-state index < -0.39 is 0 Å². The Morgan fingerprint density at radius 2 is 1.97 bits per heavy atom. The standard InChI is InChI=1S/C22H23N7O2/c1-12(30)29-22(2)9-14(10-22)26-21-27-19-18(20(28-21)31-3)15(11-25-19)13-4-5-16-17(8-13)24-7-6-23-16/h4-8,11,14H,9-10H2,1-3H3,(H,29,30)(H2,25,26,27,28)/t14-,22+. The fourth-order valence-electron chi connectivity index (χ4n) is 4.41. The monoisotopic (exact) mass is 417 g/mol. The number of carbonyl (C=O) groups is 1. The van der Waals surface area contributed by atoms with E-state index in [9.17, 15) is 4.79 Å². The van der Waals surface area contributed by atoms with Gasteiger partial charge in [-0.05, 0) is 37.5 Å². The number of hydrogen-bond acceptors (Lipinski definition) is 7. The van der Waals surface area contributed by atoms with Crippen LogP contribution in [-0.2, 0) is 4.79 Å². The molecule has 5 rings (SSSR count). The highest BCUT2D eigenvalue weighted by Crippen LogP contribution is 2.37. The first-order chi connectivity index (χ1) is 14.9. The van der Waals surface area contributed by atoms with E-state index in [1.807, 2.05) is 31.3 Å². The summed E-state index contributed by atoms with van der Waals surface area (Å²) in [7, 11) is 1.60. The van der Waals surface area contributed by atoms with Crippen molar-refractivity contribution in [2.45, 2.75) is 38.3 Å². The highest BCUT2D eigenvalue weighted by molar-refractivity contribution is 5.99. The molecule has 158 valence electrons. The van der Waals surface area contributed by atoms with E-state index in [1.54, 1.807) is 26.4 Å². The molecule has 0 unspecified atom stereocenters. The maximum atomic E-state index is 11.4. The van der Waals surface area contributed by atoms with E-state index in [1.165, 1.54) is 0 Å². The summed E-state index contributed by atoms with van der Waals surface area (Å²) in [5.41, 5.74) is 4.08. The number of aromatic nitrogens is 5.